The molecule has 0 saturated carbocycles. The highest BCUT2D eigenvalue weighted by molar-refractivity contribution is 5.76. The summed E-state index contributed by atoms with van der Waals surface area (Å²) in [7, 11) is 0. The van der Waals surface area contributed by atoms with E-state index in [-0.39, 0.29) is 18.9 Å². The molecule has 2 aliphatic rings. The van der Waals surface area contributed by atoms with Gasteiger partial charge in [0.15, 0.2) is 12.6 Å². The van der Waals surface area contributed by atoms with Crippen molar-refractivity contribution in [1.29, 1.82) is 0 Å². The summed E-state index contributed by atoms with van der Waals surface area (Å²) >= 11 is 0. The van der Waals surface area contributed by atoms with Crippen molar-refractivity contribution in [1.82, 2.24) is 5.32 Å². The lowest BCUT2D eigenvalue weighted by Crippen LogP contribution is -2.65. The maximum absolute atomic E-state index is 13.4. The lowest BCUT2D eigenvalue weighted by molar-refractivity contribution is -0.359. The van der Waals surface area contributed by atoms with E-state index in [1.54, 1.807) is 6.08 Å². The average Bonchev–Trinajstić information content (AvgIpc) is 0.791. The number of aliphatic hydroxyl groups is 8. The Morgan fingerprint density at radius 1 is 0.340 bits per heavy atom. The highest BCUT2D eigenvalue weighted by Gasteiger charge is 2.51. The molecule has 103 heavy (non-hydrogen) atoms. The molecule has 0 aliphatic carbocycles. The van der Waals surface area contributed by atoms with Gasteiger partial charge in [-0.15, -0.1) is 0 Å². The zero-order valence-electron chi connectivity index (χ0n) is 66.8. The van der Waals surface area contributed by atoms with Gasteiger partial charge in [0, 0.05) is 6.42 Å². The lowest BCUT2D eigenvalue weighted by Gasteiger charge is -2.46. The van der Waals surface area contributed by atoms with Gasteiger partial charge in [-0.05, 0) is 70.6 Å². The van der Waals surface area contributed by atoms with Crippen molar-refractivity contribution < 1.29 is 64.6 Å². The van der Waals surface area contributed by atoms with Gasteiger partial charge in [0.25, 0.3) is 0 Å². The molecule has 14 nitrogen and oxygen atoms in total. The van der Waals surface area contributed by atoms with Crippen LogP contribution in [0.3, 0.4) is 0 Å². The van der Waals surface area contributed by atoms with E-state index in [1.165, 1.54) is 340 Å². The van der Waals surface area contributed by atoms with Gasteiger partial charge in [-0.25, -0.2) is 0 Å². The predicted octanol–water partition coefficient (Wildman–Crippen LogP) is 21.3. The van der Waals surface area contributed by atoms with Crippen LogP contribution in [0.25, 0.3) is 0 Å². The first-order valence-corrected chi connectivity index (χ1v) is 44.4. The Kier molecular flexibility index (Phi) is 68.6. The number of hydrogen-bond acceptors (Lipinski definition) is 13. The van der Waals surface area contributed by atoms with Crippen molar-refractivity contribution >= 4 is 5.91 Å². The minimum absolute atomic E-state index is 0.245. The average molecular weight is 1460 g/mol. The standard InChI is InChI=1S/C89H167NO13/c1-3-5-7-9-11-13-15-17-19-21-23-25-27-29-31-33-35-36-37-38-39-40-41-42-43-45-47-49-51-53-55-57-59-61-63-65-67-69-71-73-81(94)90-77(76-100-88-86(99)84(97)87(80(75-92)102-88)103-89-85(98)83(96)82(95)79(74-91)101-89)78(93)72-70-68-66-64-62-60-58-56-54-52-50-48-46-44-34-32-30-28-26-24-22-20-18-16-14-12-10-8-6-4-2/h21,23,54,56,62,64,70,72,77-80,82-89,91-93,95-99H,3-20,22,24-53,55,57-61,63,65-69,71,73-76H2,1-2H3,(H,90,94)/b23-21-,56-54+,64-62+,72-70+. The molecule has 2 aliphatic heterocycles. The van der Waals surface area contributed by atoms with Crippen molar-refractivity contribution in [2.75, 3.05) is 19.8 Å². The quantitative estimate of drug-likeness (QED) is 0.0204. The summed E-state index contributed by atoms with van der Waals surface area (Å²) in [6, 6.07) is -0.940. The molecule has 0 aromatic carbocycles. The summed E-state index contributed by atoms with van der Waals surface area (Å²) in [6.07, 6.45) is 82.4. The highest BCUT2D eigenvalue weighted by Crippen LogP contribution is 2.31. The first-order valence-electron chi connectivity index (χ1n) is 44.4. The van der Waals surface area contributed by atoms with E-state index in [0.717, 1.165) is 44.9 Å². The van der Waals surface area contributed by atoms with Gasteiger partial charge in [-0.1, -0.05) is 390 Å². The first-order chi connectivity index (χ1) is 50.6. The van der Waals surface area contributed by atoms with Gasteiger partial charge >= 0.3 is 0 Å². The van der Waals surface area contributed by atoms with Crippen molar-refractivity contribution in [3.63, 3.8) is 0 Å². The van der Waals surface area contributed by atoms with Crippen molar-refractivity contribution in [3.05, 3.63) is 48.6 Å². The number of ether oxygens (including phenoxy) is 4. The van der Waals surface area contributed by atoms with Crippen molar-refractivity contribution in [3.8, 4) is 0 Å². The van der Waals surface area contributed by atoms with E-state index < -0.39 is 86.8 Å². The van der Waals surface area contributed by atoms with Crippen LogP contribution in [0.15, 0.2) is 48.6 Å². The monoisotopic (exact) mass is 1460 g/mol. The SMILES string of the molecule is CCCCCCCCCC/C=C\CCCCCCCCCCCCCCCCCCCCCCCCCCCCCC(=O)NC(COC1OC(CO)C(OC2OC(CO)C(O)C(O)C2O)C(O)C1O)C(O)/C=C/CC/C=C/CC/C=C/CCCCCCCCCCCCCCCCCCCCCC. The van der Waals surface area contributed by atoms with E-state index in [1.807, 2.05) is 6.08 Å². The third kappa shape index (κ3) is 55.1. The van der Waals surface area contributed by atoms with Crippen LogP contribution >= 0.6 is 0 Å². The molecular formula is C89H167NO13. The molecule has 9 N–H and O–H groups in total. The zero-order chi connectivity index (χ0) is 74.4. The Balaban J connectivity index is 1.58. The predicted molar refractivity (Wildman–Crippen MR) is 429 cm³/mol. The molecule has 0 aromatic heterocycles. The Morgan fingerprint density at radius 3 is 0.951 bits per heavy atom. The highest BCUT2D eigenvalue weighted by atomic mass is 16.7. The topological polar surface area (TPSA) is 228 Å². The van der Waals surface area contributed by atoms with Crippen LogP contribution < -0.4 is 5.32 Å². The lowest BCUT2D eigenvalue weighted by atomic mass is 9.97. The van der Waals surface area contributed by atoms with Crippen LogP contribution in [0.1, 0.15) is 418 Å². The molecule has 14 heteroatoms. The minimum atomic E-state index is -1.79. The van der Waals surface area contributed by atoms with Crippen LogP contribution in [0.5, 0.6) is 0 Å². The number of nitrogens with one attached hydrogen (secondary N) is 1. The second-order valence-corrected chi connectivity index (χ2v) is 31.4. The molecule has 0 spiro atoms. The Hall–Kier alpha value is -2.05. The molecule has 2 saturated heterocycles. The molecule has 606 valence electrons. The fourth-order valence-corrected chi connectivity index (χ4v) is 14.7. The molecule has 2 heterocycles. The molecule has 0 bridgehead atoms. The fourth-order valence-electron chi connectivity index (χ4n) is 14.7. The second-order valence-electron chi connectivity index (χ2n) is 31.4. The summed E-state index contributed by atoms with van der Waals surface area (Å²) in [6.45, 7) is 2.84. The largest absolute Gasteiger partial charge is 0.394 e. The van der Waals surface area contributed by atoms with Gasteiger partial charge in [0.1, 0.15) is 48.8 Å². The number of unbranched alkanes of at least 4 members (excludes halogenated alkanes) is 57. The Bertz CT molecular complexity index is 1920. The summed E-state index contributed by atoms with van der Waals surface area (Å²) in [5, 5.41) is 87.8. The molecule has 2 rings (SSSR count). The number of amides is 1. The Labute approximate surface area is 633 Å². The number of carbonyl (C=O) groups is 1. The summed E-state index contributed by atoms with van der Waals surface area (Å²) in [5.41, 5.74) is 0. The van der Waals surface area contributed by atoms with Gasteiger partial charge in [-0.2, -0.15) is 0 Å². The van der Waals surface area contributed by atoms with E-state index in [2.05, 4.69) is 55.6 Å². The van der Waals surface area contributed by atoms with E-state index in [0.29, 0.717) is 12.8 Å². The molecule has 2 fully saturated rings. The molecule has 1 amide bonds. The van der Waals surface area contributed by atoms with Crippen molar-refractivity contribution in [2.45, 2.75) is 492 Å². The van der Waals surface area contributed by atoms with Crippen LogP contribution in [0.2, 0.25) is 0 Å². The second kappa shape index (κ2) is 72.8. The van der Waals surface area contributed by atoms with Crippen LogP contribution in [0.4, 0.5) is 0 Å². The van der Waals surface area contributed by atoms with Crippen LogP contribution in [-0.2, 0) is 23.7 Å². The third-order valence-corrected chi connectivity index (χ3v) is 21.7. The van der Waals surface area contributed by atoms with Gasteiger partial charge in [-0.3, -0.25) is 4.79 Å². The number of hydrogen-bond donors (Lipinski definition) is 9. The Morgan fingerprint density at radius 2 is 0.621 bits per heavy atom. The zero-order valence-corrected chi connectivity index (χ0v) is 66.8. The normalized spacial score (nSPS) is 21.7. The fraction of sp³-hybridized carbons (Fsp3) is 0.899. The summed E-state index contributed by atoms with van der Waals surface area (Å²) in [5.74, 6) is -0.245. The number of rotatable bonds is 76. The maximum atomic E-state index is 13.4. The molecule has 0 radical (unpaired) electrons. The number of carbonyl (C=O) groups excluding carboxylic acids is 1. The van der Waals surface area contributed by atoms with Crippen LogP contribution in [0, 0.1) is 0 Å². The molecule has 0 aromatic rings. The molecule has 12 unspecified atom stereocenters. The maximum Gasteiger partial charge on any atom is 0.220 e. The van der Waals surface area contributed by atoms with Gasteiger partial charge in [0.05, 0.1) is 32.0 Å². The molecular weight excluding hydrogens is 1290 g/mol. The van der Waals surface area contributed by atoms with Crippen molar-refractivity contribution in [2.24, 2.45) is 0 Å². The third-order valence-electron chi connectivity index (χ3n) is 21.7. The number of aliphatic hydroxyl groups excluding tert-OH is 8. The van der Waals surface area contributed by atoms with E-state index in [9.17, 15) is 45.6 Å². The summed E-state index contributed by atoms with van der Waals surface area (Å²) < 4.78 is 22.9. The van der Waals surface area contributed by atoms with Gasteiger partial charge < -0.3 is 65.1 Å². The van der Waals surface area contributed by atoms with Crippen LogP contribution in [-0.4, -0.2) is 140 Å². The smallest absolute Gasteiger partial charge is 0.220 e. The summed E-state index contributed by atoms with van der Waals surface area (Å²) in [4.78, 5) is 13.4. The van der Waals surface area contributed by atoms with Gasteiger partial charge in [0.2, 0.25) is 5.91 Å². The van der Waals surface area contributed by atoms with E-state index in [4.69, 9.17) is 18.9 Å². The first kappa shape index (κ1) is 97.0. The minimum Gasteiger partial charge on any atom is -0.394 e. The molecule has 12 atom stereocenters. The van der Waals surface area contributed by atoms with E-state index >= 15 is 0 Å². The number of allylic oxidation sites excluding steroid dienone is 7.